The number of aromatic nitrogens is 2. The highest BCUT2D eigenvalue weighted by Crippen LogP contribution is 1.89. The first kappa shape index (κ1) is 9.98. The molecule has 0 saturated carbocycles. The topological polar surface area (TPSA) is 41.9 Å². The van der Waals surface area contributed by atoms with Gasteiger partial charge in [0, 0.05) is 25.5 Å². The number of rotatable bonds is 3. The Morgan fingerprint density at radius 3 is 3.00 bits per heavy atom. The van der Waals surface area contributed by atoms with Gasteiger partial charge in [0.05, 0.1) is 6.54 Å². The number of nitrogens with one attached hydrogen (secondary N) is 2. The summed E-state index contributed by atoms with van der Waals surface area (Å²) in [6.07, 6.45) is 3.70. The molecule has 1 heterocycles. The van der Waals surface area contributed by atoms with Gasteiger partial charge in [0.15, 0.2) is 5.11 Å². The van der Waals surface area contributed by atoms with Gasteiger partial charge in [0.1, 0.15) is 0 Å². The van der Waals surface area contributed by atoms with Crippen LogP contribution in [0.3, 0.4) is 0 Å². The molecule has 5 heteroatoms. The molecule has 1 aromatic rings. The van der Waals surface area contributed by atoms with E-state index in [2.05, 4.69) is 22.7 Å². The van der Waals surface area contributed by atoms with Crippen LogP contribution in [-0.2, 0) is 6.54 Å². The molecule has 0 aliphatic heterocycles. The lowest BCUT2D eigenvalue weighted by Crippen LogP contribution is -2.40. The van der Waals surface area contributed by atoms with Gasteiger partial charge in [0.25, 0.3) is 0 Å². The number of thiocarbonyl (C=S) groups is 1. The van der Waals surface area contributed by atoms with Crippen molar-refractivity contribution in [3.8, 4) is 0 Å². The molecule has 72 valence electrons. The summed E-state index contributed by atoms with van der Waals surface area (Å²) < 4.78 is 1.87. The number of hydrogen-bond acceptors (Lipinski definition) is 2. The minimum atomic E-state index is 0.278. The largest absolute Gasteiger partial charge is 0.366 e. The van der Waals surface area contributed by atoms with Crippen molar-refractivity contribution in [2.75, 3.05) is 7.05 Å². The molecular formula is C8H14N4S. The fourth-order valence-corrected chi connectivity index (χ4v) is 1.23. The predicted molar refractivity (Wildman–Crippen MR) is 56.5 cm³/mol. The van der Waals surface area contributed by atoms with Gasteiger partial charge in [0.2, 0.25) is 0 Å². The second-order valence-corrected chi connectivity index (χ2v) is 3.26. The Morgan fingerprint density at radius 2 is 2.46 bits per heavy atom. The third-order valence-electron chi connectivity index (χ3n) is 1.62. The van der Waals surface area contributed by atoms with E-state index in [9.17, 15) is 0 Å². The maximum Gasteiger partial charge on any atom is 0.166 e. The van der Waals surface area contributed by atoms with Crippen LogP contribution >= 0.6 is 12.2 Å². The molecule has 0 aromatic carbocycles. The van der Waals surface area contributed by atoms with Crippen LogP contribution in [-0.4, -0.2) is 28.0 Å². The Kier molecular flexibility index (Phi) is 3.70. The summed E-state index contributed by atoms with van der Waals surface area (Å²) in [4.78, 5) is 0. The van der Waals surface area contributed by atoms with Crippen LogP contribution in [0.4, 0.5) is 0 Å². The molecule has 0 aliphatic carbocycles. The predicted octanol–water partition coefficient (Wildman–Crippen LogP) is 0.365. The molecule has 0 bridgehead atoms. The molecule has 13 heavy (non-hydrogen) atoms. The number of nitrogens with zero attached hydrogens (tertiary/aromatic N) is 2. The van der Waals surface area contributed by atoms with Gasteiger partial charge in [-0.05, 0) is 25.2 Å². The zero-order chi connectivity index (χ0) is 9.68. The fraction of sp³-hybridized carbons (Fsp3) is 0.500. The molecule has 1 atom stereocenters. The van der Waals surface area contributed by atoms with Crippen LogP contribution < -0.4 is 10.6 Å². The van der Waals surface area contributed by atoms with Gasteiger partial charge in [-0.15, -0.1) is 0 Å². The molecule has 1 unspecified atom stereocenters. The van der Waals surface area contributed by atoms with E-state index >= 15 is 0 Å². The summed E-state index contributed by atoms with van der Waals surface area (Å²) in [6.45, 7) is 2.88. The standard InChI is InChI=1S/C8H14N4S/c1-7(11-8(13)9-2)6-12-5-3-4-10-12/h3-5,7H,6H2,1-2H3,(H2,9,11,13). The summed E-state index contributed by atoms with van der Waals surface area (Å²) in [6, 6.07) is 2.18. The van der Waals surface area contributed by atoms with Gasteiger partial charge in [-0.1, -0.05) is 0 Å². The van der Waals surface area contributed by atoms with Crippen molar-refractivity contribution in [2.45, 2.75) is 19.5 Å². The average molecular weight is 198 g/mol. The molecular weight excluding hydrogens is 184 g/mol. The Morgan fingerprint density at radius 1 is 1.69 bits per heavy atom. The van der Waals surface area contributed by atoms with Crippen LogP contribution in [0.15, 0.2) is 18.5 Å². The second-order valence-electron chi connectivity index (χ2n) is 2.85. The second kappa shape index (κ2) is 4.81. The van der Waals surface area contributed by atoms with Crippen molar-refractivity contribution in [2.24, 2.45) is 0 Å². The Hall–Kier alpha value is -1.10. The van der Waals surface area contributed by atoms with E-state index in [4.69, 9.17) is 12.2 Å². The Bertz CT molecular complexity index is 257. The van der Waals surface area contributed by atoms with E-state index in [1.54, 1.807) is 13.2 Å². The van der Waals surface area contributed by atoms with Crippen LogP contribution in [0.5, 0.6) is 0 Å². The van der Waals surface area contributed by atoms with Crippen LogP contribution in [0, 0.1) is 0 Å². The molecule has 0 radical (unpaired) electrons. The third kappa shape index (κ3) is 3.42. The van der Waals surface area contributed by atoms with Crippen molar-refractivity contribution < 1.29 is 0 Å². The van der Waals surface area contributed by atoms with Crippen molar-refractivity contribution >= 4 is 17.3 Å². The van der Waals surface area contributed by atoms with Crippen LogP contribution in [0.1, 0.15) is 6.92 Å². The van der Waals surface area contributed by atoms with Crippen molar-refractivity contribution in [1.29, 1.82) is 0 Å². The van der Waals surface area contributed by atoms with Gasteiger partial charge in [-0.2, -0.15) is 5.10 Å². The summed E-state index contributed by atoms with van der Waals surface area (Å²) in [5.74, 6) is 0. The van der Waals surface area contributed by atoms with Crippen molar-refractivity contribution in [1.82, 2.24) is 20.4 Å². The summed E-state index contributed by atoms with van der Waals surface area (Å²) in [7, 11) is 1.80. The summed E-state index contributed by atoms with van der Waals surface area (Å²) in [5.41, 5.74) is 0. The quantitative estimate of drug-likeness (QED) is 0.688. The molecule has 2 N–H and O–H groups in total. The SMILES string of the molecule is CNC(=S)NC(C)Cn1cccn1. The number of hydrogen-bond donors (Lipinski definition) is 2. The van der Waals surface area contributed by atoms with Crippen LogP contribution in [0.25, 0.3) is 0 Å². The zero-order valence-corrected chi connectivity index (χ0v) is 8.64. The molecule has 4 nitrogen and oxygen atoms in total. The van der Waals surface area contributed by atoms with Gasteiger partial charge in [-0.25, -0.2) is 0 Å². The lowest BCUT2D eigenvalue weighted by molar-refractivity contribution is 0.504. The lowest BCUT2D eigenvalue weighted by Gasteiger charge is -2.15. The van der Waals surface area contributed by atoms with E-state index in [1.807, 2.05) is 16.9 Å². The third-order valence-corrected chi connectivity index (χ3v) is 1.95. The first-order valence-corrected chi connectivity index (χ1v) is 4.59. The lowest BCUT2D eigenvalue weighted by atomic mass is 10.3. The monoisotopic (exact) mass is 198 g/mol. The first-order chi connectivity index (χ1) is 6.22. The van der Waals surface area contributed by atoms with E-state index in [0.717, 1.165) is 6.54 Å². The highest BCUT2D eigenvalue weighted by molar-refractivity contribution is 7.80. The van der Waals surface area contributed by atoms with E-state index < -0.39 is 0 Å². The highest BCUT2D eigenvalue weighted by atomic mass is 32.1. The average Bonchev–Trinajstić information content (AvgIpc) is 2.56. The molecule has 0 aliphatic rings. The van der Waals surface area contributed by atoms with Crippen molar-refractivity contribution in [3.63, 3.8) is 0 Å². The van der Waals surface area contributed by atoms with Gasteiger partial charge >= 0.3 is 0 Å². The van der Waals surface area contributed by atoms with Crippen LogP contribution in [0.2, 0.25) is 0 Å². The molecule has 1 rings (SSSR count). The van der Waals surface area contributed by atoms with E-state index in [1.165, 1.54) is 0 Å². The molecule has 0 amide bonds. The van der Waals surface area contributed by atoms with E-state index in [-0.39, 0.29) is 6.04 Å². The molecule has 1 aromatic heterocycles. The smallest absolute Gasteiger partial charge is 0.166 e. The summed E-state index contributed by atoms with van der Waals surface area (Å²) >= 11 is 4.98. The van der Waals surface area contributed by atoms with Gasteiger partial charge < -0.3 is 10.6 Å². The highest BCUT2D eigenvalue weighted by Gasteiger charge is 2.03. The molecule has 0 spiro atoms. The minimum absolute atomic E-state index is 0.278. The first-order valence-electron chi connectivity index (χ1n) is 4.18. The van der Waals surface area contributed by atoms with Gasteiger partial charge in [-0.3, -0.25) is 4.68 Å². The maximum absolute atomic E-state index is 4.98. The molecule has 0 saturated heterocycles. The summed E-state index contributed by atoms with van der Waals surface area (Å²) in [5, 5.41) is 10.8. The Labute approximate surface area is 83.3 Å². The zero-order valence-electron chi connectivity index (χ0n) is 7.82. The van der Waals surface area contributed by atoms with Crippen molar-refractivity contribution in [3.05, 3.63) is 18.5 Å². The van der Waals surface area contributed by atoms with E-state index in [0.29, 0.717) is 5.11 Å². The molecule has 0 fully saturated rings. The Balaban J connectivity index is 2.33. The minimum Gasteiger partial charge on any atom is -0.366 e. The maximum atomic E-state index is 4.98. The fourth-order valence-electron chi connectivity index (χ4n) is 1.03. The normalized spacial score (nSPS) is 12.2.